The van der Waals surface area contributed by atoms with Gasteiger partial charge in [-0.2, -0.15) is 0 Å². The molecule has 4 nitrogen and oxygen atoms in total. The summed E-state index contributed by atoms with van der Waals surface area (Å²) in [4.78, 5) is 10.7. The molecule has 3 aromatic heterocycles. The Balaban J connectivity index is 1.29. The number of fused-ring (bicyclic) bond motifs is 6. The summed E-state index contributed by atoms with van der Waals surface area (Å²) in [6.45, 7) is 0. The number of para-hydroxylation sites is 1. The second kappa shape index (κ2) is 8.68. The van der Waals surface area contributed by atoms with Gasteiger partial charge in [-0.05, 0) is 57.3 Å². The fraction of sp³-hybridized carbons (Fsp3) is 0. The summed E-state index contributed by atoms with van der Waals surface area (Å²) in [5.74, 6) is 0.642. The highest BCUT2D eigenvalue weighted by Gasteiger charge is 2.26. The predicted octanol–water partition coefficient (Wildman–Crippen LogP) is 11.1. The summed E-state index contributed by atoms with van der Waals surface area (Å²) in [7, 11) is 0. The molecule has 0 unspecified atom stereocenters. The van der Waals surface area contributed by atoms with Crippen LogP contribution in [0.5, 0.6) is 0 Å². The Hall–Kier alpha value is -6.26. The van der Waals surface area contributed by atoms with Crippen LogP contribution in [0.15, 0.2) is 144 Å². The molecule has 0 radical (unpaired) electrons. The van der Waals surface area contributed by atoms with Crippen LogP contribution in [0.3, 0.4) is 0 Å². The van der Waals surface area contributed by atoms with Crippen LogP contribution in [0, 0.1) is 0 Å². The lowest BCUT2D eigenvalue weighted by Crippen LogP contribution is -2.03. The van der Waals surface area contributed by atoms with Crippen LogP contribution in [0.4, 0.5) is 0 Å². The van der Waals surface area contributed by atoms with Crippen LogP contribution in [-0.4, -0.2) is 14.5 Å². The Bertz CT molecular complexity index is 2820. The van der Waals surface area contributed by atoms with Crippen molar-refractivity contribution in [3.8, 4) is 39.5 Å². The van der Waals surface area contributed by atoms with Gasteiger partial charge in [0.1, 0.15) is 11.2 Å². The molecule has 3 heterocycles. The smallest absolute Gasteiger partial charge is 0.235 e. The van der Waals surface area contributed by atoms with Crippen LogP contribution < -0.4 is 0 Å². The normalized spacial score (nSPS) is 12.3. The summed E-state index contributed by atoms with van der Waals surface area (Å²) in [5, 5.41) is 8.18. The van der Waals surface area contributed by atoms with Crippen molar-refractivity contribution in [1.29, 1.82) is 0 Å². The Morgan fingerprint density at radius 3 is 1.80 bits per heavy atom. The van der Waals surface area contributed by atoms with Crippen molar-refractivity contribution in [3.63, 3.8) is 0 Å². The van der Waals surface area contributed by atoms with Crippen LogP contribution >= 0.6 is 0 Å². The summed E-state index contributed by atoms with van der Waals surface area (Å²) >= 11 is 0. The van der Waals surface area contributed by atoms with E-state index in [1.54, 1.807) is 0 Å². The molecule has 0 fully saturated rings. The second-order valence-electron chi connectivity index (χ2n) is 12.1. The first-order chi connectivity index (χ1) is 22.8. The van der Waals surface area contributed by atoms with Gasteiger partial charge in [-0.25, -0.2) is 9.97 Å². The van der Waals surface area contributed by atoms with Crippen LogP contribution in [0.2, 0.25) is 0 Å². The largest absolute Gasteiger partial charge is 0.456 e. The molecule has 0 saturated carbocycles. The van der Waals surface area contributed by atoms with Crippen molar-refractivity contribution >= 4 is 65.4 Å². The van der Waals surface area contributed by atoms with Gasteiger partial charge in [-0.1, -0.05) is 109 Å². The lowest BCUT2D eigenvalue weighted by molar-refractivity contribution is 0.669. The molecule has 0 amide bonds. The van der Waals surface area contributed by atoms with E-state index >= 15 is 0 Å². The molecule has 0 N–H and O–H groups in total. The number of furan rings is 1. The Kier molecular flexibility index (Phi) is 4.55. The van der Waals surface area contributed by atoms with E-state index in [1.807, 2.05) is 18.2 Å². The molecule has 0 bridgehead atoms. The Morgan fingerprint density at radius 1 is 0.457 bits per heavy atom. The van der Waals surface area contributed by atoms with Gasteiger partial charge in [0.25, 0.3) is 0 Å². The summed E-state index contributed by atoms with van der Waals surface area (Å²) in [6.07, 6.45) is 0. The van der Waals surface area contributed by atoms with Crippen molar-refractivity contribution < 1.29 is 4.42 Å². The number of aromatic nitrogens is 3. The molecule has 7 aromatic carbocycles. The molecule has 4 heteroatoms. The fourth-order valence-corrected chi connectivity index (χ4v) is 7.81. The highest BCUT2D eigenvalue weighted by molar-refractivity contribution is 6.27. The Labute approximate surface area is 262 Å². The summed E-state index contributed by atoms with van der Waals surface area (Å²) in [6, 6.07) is 49.4. The zero-order valence-electron chi connectivity index (χ0n) is 24.5. The van der Waals surface area contributed by atoms with Gasteiger partial charge in [0.2, 0.25) is 5.95 Å². The van der Waals surface area contributed by atoms with Gasteiger partial charge in [-0.15, -0.1) is 0 Å². The standard InChI is InChI=1S/C42H23N3O/c1-2-10-25(11-3-1)41-32-22-31-26-14-4-5-21-36(26)46-37(31)23-33(32)43-42(44-41)45-34-19-8-17-29-27-15-6-12-24-13-7-16-28(38(24)27)30-18-9-20-35(45)40(30)39(29)34/h1-23H. The summed E-state index contributed by atoms with van der Waals surface area (Å²) in [5.41, 5.74) is 11.6. The molecule has 1 aliphatic rings. The van der Waals surface area contributed by atoms with E-state index in [4.69, 9.17) is 14.4 Å². The molecule has 0 atom stereocenters. The maximum Gasteiger partial charge on any atom is 0.235 e. The van der Waals surface area contributed by atoms with Crippen LogP contribution in [0.25, 0.3) is 105 Å². The van der Waals surface area contributed by atoms with E-state index in [0.29, 0.717) is 5.95 Å². The lowest BCUT2D eigenvalue weighted by atomic mass is 9.93. The zero-order chi connectivity index (χ0) is 29.9. The molecule has 10 aromatic rings. The van der Waals surface area contributed by atoms with Gasteiger partial charge in [0.05, 0.1) is 22.2 Å². The highest BCUT2D eigenvalue weighted by Crippen LogP contribution is 2.49. The van der Waals surface area contributed by atoms with Gasteiger partial charge in [0.15, 0.2) is 0 Å². The molecular weight excluding hydrogens is 562 g/mol. The van der Waals surface area contributed by atoms with Crippen molar-refractivity contribution in [2.45, 2.75) is 0 Å². The molecule has 0 aliphatic heterocycles. The second-order valence-corrected chi connectivity index (χ2v) is 12.1. The fourth-order valence-electron chi connectivity index (χ4n) is 7.81. The minimum absolute atomic E-state index is 0.642. The predicted molar refractivity (Wildman–Crippen MR) is 189 cm³/mol. The quantitative estimate of drug-likeness (QED) is 0.203. The van der Waals surface area contributed by atoms with Crippen molar-refractivity contribution in [3.05, 3.63) is 140 Å². The molecule has 212 valence electrons. The molecule has 11 rings (SSSR count). The number of hydrogen-bond donors (Lipinski definition) is 0. The maximum atomic E-state index is 6.32. The number of benzene rings is 7. The zero-order valence-corrected chi connectivity index (χ0v) is 24.5. The van der Waals surface area contributed by atoms with Gasteiger partial charge < -0.3 is 4.42 Å². The Morgan fingerprint density at radius 2 is 1.09 bits per heavy atom. The number of rotatable bonds is 2. The molecule has 0 saturated heterocycles. The monoisotopic (exact) mass is 585 g/mol. The lowest BCUT2D eigenvalue weighted by Gasteiger charge is -2.14. The van der Waals surface area contributed by atoms with Gasteiger partial charge >= 0.3 is 0 Å². The van der Waals surface area contributed by atoms with Crippen LogP contribution in [-0.2, 0) is 0 Å². The number of nitrogens with zero attached hydrogens (tertiary/aromatic N) is 3. The third-order valence-electron chi connectivity index (χ3n) is 9.73. The van der Waals surface area contributed by atoms with Crippen LogP contribution in [0.1, 0.15) is 0 Å². The van der Waals surface area contributed by atoms with E-state index in [9.17, 15) is 0 Å². The molecule has 0 spiro atoms. The minimum Gasteiger partial charge on any atom is -0.456 e. The third-order valence-corrected chi connectivity index (χ3v) is 9.73. The summed E-state index contributed by atoms with van der Waals surface area (Å²) < 4.78 is 8.57. The topological polar surface area (TPSA) is 43.9 Å². The van der Waals surface area contributed by atoms with Gasteiger partial charge in [-0.3, -0.25) is 4.57 Å². The van der Waals surface area contributed by atoms with Gasteiger partial charge in [0, 0.05) is 38.6 Å². The van der Waals surface area contributed by atoms with E-state index in [2.05, 4.69) is 126 Å². The first kappa shape index (κ1) is 24.1. The molecule has 1 aliphatic carbocycles. The average Bonchev–Trinajstić information content (AvgIpc) is 3.61. The van der Waals surface area contributed by atoms with E-state index in [-0.39, 0.29) is 0 Å². The van der Waals surface area contributed by atoms with E-state index in [1.165, 1.54) is 43.8 Å². The minimum atomic E-state index is 0.642. The molecule has 46 heavy (non-hydrogen) atoms. The maximum absolute atomic E-state index is 6.32. The first-order valence-corrected chi connectivity index (χ1v) is 15.6. The highest BCUT2D eigenvalue weighted by atomic mass is 16.3. The van der Waals surface area contributed by atoms with Crippen molar-refractivity contribution in [2.75, 3.05) is 0 Å². The van der Waals surface area contributed by atoms with Crippen molar-refractivity contribution in [2.24, 2.45) is 0 Å². The first-order valence-electron chi connectivity index (χ1n) is 15.6. The van der Waals surface area contributed by atoms with E-state index < -0.39 is 0 Å². The van der Waals surface area contributed by atoms with E-state index in [0.717, 1.165) is 55.1 Å². The number of hydrogen-bond acceptors (Lipinski definition) is 3. The SMILES string of the molecule is c1ccc(-c2nc(-n3c4cccc5c4c4c(cccc43)-c3cccc4cccc-5c34)nc3cc4oc5ccccc5c4cc23)cc1. The third kappa shape index (κ3) is 3.07. The average molecular weight is 586 g/mol. The molecular formula is C42H23N3O. The van der Waals surface area contributed by atoms with Crippen molar-refractivity contribution in [1.82, 2.24) is 14.5 Å².